The highest BCUT2D eigenvalue weighted by Crippen LogP contribution is 2.11. The van der Waals surface area contributed by atoms with E-state index in [1.807, 2.05) is 31.2 Å². The Morgan fingerprint density at radius 3 is 2.15 bits per heavy atom. The molecule has 0 aliphatic carbocycles. The van der Waals surface area contributed by atoms with Crippen LogP contribution in [0.1, 0.15) is 21.5 Å². The molecule has 0 unspecified atom stereocenters. The first-order chi connectivity index (χ1) is 9.51. The molecule has 1 N–H and O–H groups in total. The molecule has 4 nitrogen and oxygen atoms in total. The molecule has 0 spiro atoms. The first kappa shape index (κ1) is 14.4. The highest BCUT2D eigenvalue weighted by molar-refractivity contribution is 7.89. The topological polar surface area (TPSA) is 63.2 Å². The zero-order valence-corrected chi connectivity index (χ0v) is 11.9. The average Bonchev–Trinajstić information content (AvgIpc) is 2.47. The van der Waals surface area contributed by atoms with Gasteiger partial charge in [0.15, 0.2) is 0 Å². The van der Waals surface area contributed by atoms with Crippen LogP contribution in [-0.4, -0.2) is 14.7 Å². The van der Waals surface area contributed by atoms with Crippen molar-refractivity contribution in [1.82, 2.24) is 4.72 Å². The van der Waals surface area contributed by atoms with Crippen LogP contribution in [0.25, 0.3) is 0 Å². The Kier molecular flexibility index (Phi) is 4.32. The van der Waals surface area contributed by atoms with Crippen LogP contribution in [0.5, 0.6) is 0 Å². The van der Waals surface area contributed by atoms with E-state index < -0.39 is 10.0 Å². The van der Waals surface area contributed by atoms with Gasteiger partial charge in [-0.15, -0.1) is 0 Å². The smallest absolute Gasteiger partial charge is 0.240 e. The number of hydrogen-bond donors (Lipinski definition) is 1. The molecule has 0 amide bonds. The highest BCUT2D eigenvalue weighted by atomic mass is 32.2. The molecule has 2 aromatic rings. The summed E-state index contributed by atoms with van der Waals surface area (Å²) in [4.78, 5) is 10.7. The Balaban J connectivity index is 2.10. The monoisotopic (exact) mass is 289 g/mol. The molecule has 0 bridgehead atoms. The number of aldehydes is 1. The first-order valence-corrected chi connectivity index (χ1v) is 7.60. The average molecular weight is 289 g/mol. The number of aryl methyl sites for hydroxylation is 1. The van der Waals surface area contributed by atoms with Crippen LogP contribution >= 0.6 is 0 Å². The van der Waals surface area contributed by atoms with Gasteiger partial charge < -0.3 is 0 Å². The van der Waals surface area contributed by atoms with Gasteiger partial charge in [-0.2, -0.15) is 0 Å². The van der Waals surface area contributed by atoms with Gasteiger partial charge in [-0.1, -0.05) is 42.0 Å². The summed E-state index contributed by atoms with van der Waals surface area (Å²) in [6.45, 7) is 2.21. The fourth-order valence-corrected chi connectivity index (χ4v) is 2.71. The summed E-state index contributed by atoms with van der Waals surface area (Å²) in [6, 6.07) is 13.4. The normalized spacial score (nSPS) is 11.2. The second kappa shape index (κ2) is 5.98. The van der Waals surface area contributed by atoms with E-state index in [-0.39, 0.29) is 11.4 Å². The van der Waals surface area contributed by atoms with Crippen LogP contribution in [0.3, 0.4) is 0 Å². The van der Waals surface area contributed by atoms with Gasteiger partial charge in [0.25, 0.3) is 0 Å². The third-order valence-electron chi connectivity index (χ3n) is 2.91. The second-order valence-corrected chi connectivity index (χ2v) is 6.26. The lowest BCUT2D eigenvalue weighted by Gasteiger charge is -2.07. The van der Waals surface area contributed by atoms with Crippen molar-refractivity contribution in [3.8, 4) is 0 Å². The Labute approximate surface area is 118 Å². The summed E-state index contributed by atoms with van der Waals surface area (Å²) in [5, 5.41) is 0. The van der Waals surface area contributed by atoms with Crippen LogP contribution < -0.4 is 4.72 Å². The van der Waals surface area contributed by atoms with E-state index in [0.29, 0.717) is 11.8 Å². The van der Waals surface area contributed by atoms with E-state index in [1.54, 1.807) is 0 Å². The third-order valence-corrected chi connectivity index (χ3v) is 4.33. The maximum absolute atomic E-state index is 12.1. The zero-order valence-electron chi connectivity index (χ0n) is 11.0. The van der Waals surface area contributed by atoms with Gasteiger partial charge in [0.1, 0.15) is 6.29 Å². The maximum atomic E-state index is 12.1. The maximum Gasteiger partial charge on any atom is 0.240 e. The summed E-state index contributed by atoms with van der Waals surface area (Å²) < 4.78 is 26.7. The van der Waals surface area contributed by atoms with E-state index in [0.717, 1.165) is 11.1 Å². The summed E-state index contributed by atoms with van der Waals surface area (Å²) >= 11 is 0. The Bertz CT molecular complexity index is 689. The second-order valence-electron chi connectivity index (χ2n) is 4.50. The molecule has 0 saturated carbocycles. The molecule has 0 fully saturated rings. The minimum Gasteiger partial charge on any atom is -0.298 e. The van der Waals surface area contributed by atoms with Crippen LogP contribution in [0.2, 0.25) is 0 Å². The largest absolute Gasteiger partial charge is 0.298 e. The lowest BCUT2D eigenvalue weighted by Crippen LogP contribution is -2.23. The fourth-order valence-electron chi connectivity index (χ4n) is 1.69. The van der Waals surface area contributed by atoms with Crippen molar-refractivity contribution in [1.29, 1.82) is 0 Å². The molecular weight excluding hydrogens is 274 g/mol. The molecule has 2 rings (SSSR count). The van der Waals surface area contributed by atoms with Gasteiger partial charge in [0, 0.05) is 12.1 Å². The summed E-state index contributed by atoms with van der Waals surface area (Å²) in [6.07, 6.45) is 0.677. The molecule has 20 heavy (non-hydrogen) atoms. The van der Waals surface area contributed by atoms with Crippen LogP contribution in [0, 0.1) is 6.92 Å². The predicted octanol–water partition coefficient (Wildman–Crippen LogP) is 2.29. The number of benzene rings is 2. The van der Waals surface area contributed by atoms with Gasteiger partial charge in [-0.3, -0.25) is 4.79 Å². The molecular formula is C15H15NO3S. The summed E-state index contributed by atoms with van der Waals surface area (Å²) in [5.41, 5.74) is 2.47. The third kappa shape index (κ3) is 3.53. The molecule has 0 aliphatic rings. The highest BCUT2D eigenvalue weighted by Gasteiger charge is 2.13. The quantitative estimate of drug-likeness (QED) is 0.859. The van der Waals surface area contributed by atoms with Crippen molar-refractivity contribution >= 4 is 16.3 Å². The van der Waals surface area contributed by atoms with Crippen molar-refractivity contribution in [2.75, 3.05) is 0 Å². The van der Waals surface area contributed by atoms with Crippen molar-refractivity contribution < 1.29 is 13.2 Å². The summed E-state index contributed by atoms with van der Waals surface area (Å²) in [7, 11) is -3.56. The lowest BCUT2D eigenvalue weighted by atomic mass is 10.2. The number of carbonyl (C=O) groups excluding carboxylic acids is 1. The van der Waals surface area contributed by atoms with E-state index in [2.05, 4.69) is 4.72 Å². The number of hydrogen-bond acceptors (Lipinski definition) is 3. The Hall–Kier alpha value is -1.98. The molecule has 0 aliphatic heterocycles. The van der Waals surface area contributed by atoms with Crippen LogP contribution in [0.4, 0.5) is 0 Å². The number of nitrogens with one attached hydrogen (secondary N) is 1. The van der Waals surface area contributed by atoms with Crippen molar-refractivity contribution in [2.24, 2.45) is 0 Å². The van der Waals surface area contributed by atoms with Gasteiger partial charge in [-0.25, -0.2) is 13.1 Å². The van der Waals surface area contributed by atoms with Crippen LogP contribution in [0.15, 0.2) is 53.4 Å². The SMILES string of the molecule is Cc1ccc(CNS(=O)(=O)c2ccc(C=O)cc2)cc1. The number of sulfonamides is 1. The molecule has 0 atom stereocenters. The van der Waals surface area contributed by atoms with Gasteiger partial charge >= 0.3 is 0 Å². The molecule has 0 radical (unpaired) electrons. The van der Waals surface area contributed by atoms with Crippen molar-refractivity contribution in [3.63, 3.8) is 0 Å². The molecule has 104 valence electrons. The lowest BCUT2D eigenvalue weighted by molar-refractivity contribution is 0.112. The predicted molar refractivity (Wildman–Crippen MR) is 77.0 cm³/mol. The van der Waals surface area contributed by atoms with Gasteiger partial charge in [0.05, 0.1) is 4.90 Å². The van der Waals surface area contributed by atoms with Crippen molar-refractivity contribution in [3.05, 3.63) is 65.2 Å². The fraction of sp³-hybridized carbons (Fsp3) is 0.133. The minimum absolute atomic E-state index is 0.148. The molecule has 0 heterocycles. The Morgan fingerprint density at radius 2 is 1.60 bits per heavy atom. The van der Waals surface area contributed by atoms with Gasteiger partial charge in [0.2, 0.25) is 10.0 Å². The number of carbonyl (C=O) groups is 1. The first-order valence-electron chi connectivity index (χ1n) is 6.12. The summed E-state index contributed by atoms with van der Waals surface area (Å²) in [5.74, 6) is 0. The van der Waals surface area contributed by atoms with E-state index in [9.17, 15) is 13.2 Å². The van der Waals surface area contributed by atoms with E-state index in [1.165, 1.54) is 24.3 Å². The van der Waals surface area contributed by atoms with Crippen molar-refractivity contribution in [2.45, 2.75) is 18.4 Å². The Morgan fingerprint density at radius 1 is 1.00 bits per heavy atom. The van der Waals surface area contributed by atoms with Gasteiger partial charge in [-0.05, 0) is 24.6 Å². The molecule has 5 heteroatoms. The molecule has 0 saturated heterocycles. The van der Waals surface area contributed by atoms with Crippen LogP contribution in [-0.2, 0) is 16.6 Å². The van der Waals surface area contributed by atoms with E-state index in [4.69, 9.17) is 0 Å². The zero-order chi connectivity index (χ0) is 14.6. The molecule has 0 aromatic heterocycles. The number of rotatable bonds is 5. The van der Waals surface area contributed by atoms with E-state index >= 15 is 0 Å². The standard InChI is InChI=1S/C15H15NO3S/c1-12-2-4-13(5-3-12)10-16-20(18,19)15-8-6-14(11-17)7-9-15/h2-9,11,16H,10H2,1H3. The molecule has 2 aromatic carbocycles. The minimum atomic E-state index is -3.56.